The van der Waals surface area contributed by atoms with E-state index in [0.29, 0.717) is 5.69 Å². The zero-order valence-corrected chi connectivity index (χ0v) is 12.3. The van der Waals surface area contributed by atoms with Crippen LogP contribution in [0.3, 0.4) is 0 Å². The summed E-state index contributed by atoms with van der Waals surface area (Å²) in [5.41, 5.74) is 3.48. The first-order chi connectivity index (χ1) is 11.1. The third-order valence-electron chi connectivity index (χ3n) is 3.24. The first-order valence-electron chi connectivity index (χ1n) is 6.82. The highest BCUT2D eigenvalue weighted by Crippen LogP contribution is 2.16. The summed E-state index contributed by atoms with van der Waals surface area (Å²) in [4.78, 5) is 22.6. The standard InChI is InChI=1S/C16H13N5O2/c1-11-6-12(3-5-15(11)21-10-17-8-20-21)2-4-13-7-14(16(22)23)19-9-18-13/h2-10H,1H3,(H,22,23)/b4-2+. The fourth-order valence-electron chi connectivity index (χ4n) is 2.13. The summed E-state index contributed by atoms with van der Waals surface area (Å²) in [7, 11) is 0. The molecule has 0 spiro atoms. The summed E-state index contributed by atoms with van der Waals surface area (Å²) in [6, 6.07) is 7.33. The first kappa shape index (κ1) is 14.6. The van der Waals surface area contributed by atoms with Gasteiger partial charge in [-0.1, -0.05) is 12.1 Å². The molecule has 2 heterocycles. The van der Waals surface area contributed by atoms with Crippen LogP contribution in [0.1, 0.15) is 27.3 Å². The van der Waals surface area contributed by atoms with Crippen LogP contribution < -0.4 is 0 Å². The van der Waals surface area contributed by atoms with Crippen LogP contribution >= 0.6 is 0 Å². The Labute approximate surface area is 132 Å². The van der Waals surface area contributed by atoms with Gasteiger partial charge in [0.25, 0.3) is 0 Å². The molecule has 0 radical (unpaired) electrons. The van der Waals surface area contributed by atoms with Crippen LogP contribution in [0.5, 0.6) is 0 Å². The van der Waals surface area contributed by atoms with Crippen molar-refractivity contribution >= 4 is 18.1 Å². The molecule has 1 N–H and O–H groups in total. The molecule has 0 unspecified atom stereocenters. The number of carboxylic acids is 1. The Bertz CT molecular complexity index is 872. The molecule has 0 atom stereocenters. The van der Waals surface area contributed by atoms with Gasteiger partial charge in [0.1, 0.15) is 19.0 Å². The molecule has 0 fully saturated rings. The fourth-order valence-corrected chi connectivity index (χ4v) is 2.13. The first-order valence-corrected chi connectivity index (χ1v) is 6.82. The summed E-state index contributed by atoms with van der Waals surface area (Å²) in [5, 5.41) is 13.0. The smallest absolute Gasteiger partial charge is 0.354 e. The second-order valence-corrected chi connectivity index (χ2v) is 4.85. The van der Waals surface area contributed by atoms with Crippen molar-refractivity contribution in [2.24, 2.45) is 0 Å². The maximum Gasteiger partial charge on any atom is 0.354 e. The lowest BCUT2D eigenvalue weighted by molar-refractivity contribution is 0.0690. The average molecular weight is 307 g/mol. The zero-order chi connectivity index (χ0) is 16.2. The molecule has 0 aliphatic rings. The van der Waals surface area contributed by atoms with Gasteiger partial charge < -0.3 is 5.11 Å². The van der Waals surface area contributed by atoms with E-state index in [1.165, 1.54) is 18.7 Å². The van der Waals surface area contributed by atoms with Gasteiger partial charge in [-0.3, -0.25) is 0 Å². The predicted octanol–water partition coefficient (Wildman–Crippen LogP) is 2.23. The van der Waals surface area contributed by atoms with Crippen molar-refractivity contribution in [2.45, 2.75) is 6.92 Å². The lowest BCUT2D eigenvalue weighted by Crippen LogP contribution is -2.01. The van der Waals surface area contributed by atoms with Crippen LogP contribution in [0, 0.1) is 6.92 Å². The molecule has 1 aromatic carbocycles. The molecule has 3 aromatic rings. The zero-order valence-electron chi connectivity index (χ0n) is 12.3. The minimum absolute atomic E-state index is 0.0302. The summed E-state index contributed by atoms with van der Waals surface area (Å²) in [6.07, 6.45) is 7.99. The van der Waals surface area contributed by atoms with E-state index in [0.717, 1.165) is 16.8 Å². The predicted molar refractivity (Wildman–Crippen MR) is 84.0 cm³/mol. The van der Waals surface area contributed by atoms with Gasteiger partial charge in [0.05, 0.1) is 11.4 Å². The van der Waals surface area contributed by atoms with Crippen LogP contribution in [0.2, 0.25) is 0 Å². The van der Waals surface area contributed by atoms with E-state index in [-0.39, 0.29) is 5.69 Å². The third kappa shape index (κ3) is 3.29. The molecule has 7 heteroatoms. The number of aromatic nitrogens is 5. The summed E-state index contributed by atoms with van der Waals surface area (Å²) >= 11 is 0. The molecule has 114 valence electrons. The van der Waals surface area contributed by atoms with Gasteiger partial charge in [-0.05, 0) is 42.3 Å². The number of hydrogen-bond donors (Lipinski definition) is 1. The van der Waals surface area contributed by atoms with Gasteiger partial charge in [-0.2, -0.15) is 5.10 Å². The molecular weight excluding hydrogens is 294 g/mol. The van der Waals surface area contributed by atoms with Crippen molar-refractivity contribution in [3.8, 4) is 5.69 Å². The molecule has 0 aliphatic heterocycles. The summed E-state index contributed by atoms with van der Waals surface area (Å²) in [5.74, 6) is -1.07. The lowest BCUT2D eigenvalue weighted by atomic mass is 10.1. The van der Waals surface area contributed by atoms with Gasteiger partial charge in [-0.15, -0.1) is 0 Å². The number of aryl methyl sites for hydroxylation is 1. The lowest BCUT2D eigenvalue weighted by Gasteiger charge is -2.06. The van der Waals surface area contributed by atoms with Gasteiger partial charge in [0, 0.05) is 0 Å². The largest absolute Gasteiger partial charge is 0.477 e. The number of carbonyl (C=O) groups is 1. The Balaban J connectivity index is 1.84. The van der Waals surface area contributed by atoms with Gasteiger partial charge in [0.15, 0.2) is 5.69 Å². The van der Waals surface area contributed by atoms with Crippen molar-refractivity contribution in [1.82, 2.24) is 24.7 Å². The number of benzene rings is 1. The maximum atomic E-state index is 10.9. The Morgan fingerprint density at radius 2 is 2.04 bits per heavy atom. The Hall–Kier alpha value is -3.35. The molecule has 3 rings (SSSR count). The highest BCUT2D eigenvalue weighted by Gasteiger charge is 2.05. The number of nitrogens with zero attached hydrogens (tertiary/aromatic N) is 5. The van der Waals surface area contributed by atoms with Crippen molar-refractivity contribution < 1.29 is 9.90 Å². The second kappa shape index (κ2) is 6.18. The van der Waals surface area contributed by atoms with Crippen molar-refractivity contribution in [1.29, 1.82) is 0 Å². The van der Waals surface area contributed by atoms with Crippen LogP contribution in [0.15, 0.2) is 43.2 Å². The van der Waals surface area contributed by atoms with E-state index in [1.54, 1.807) is 17.1 Å². The number of hydrogen-bond acceptors (Lipinski definition) is 5. The van der Waals surface area contributed by atoms with Crippen LogP contribution in [0.4, 0.5) is 0 Å². The highest BCUT2D eigenvalue weighted by molar-refractivity contribution is 5.86. The molecular formula is C16H13N5O2. The SMILES string of the molecule is Cc1cc(/C=C/c2cc(C(=O)O)ncn2)ccc1-n1cncn1. The molecule has 2 aromatic heterocycles. The molecule has 0 saturated carbocycles. The molecule has 0 saturated heterocycles. The van der Waals surface area contributed by atoms with E-state index in [9.17, 15) is 4.79 Å². The van der Waals surface area contributed by atoms with Gasteiger partial charge in [-0.25, -0.2) is 24.4 Å². The Kier molecular flexibility index (Phi) is 3.92. The summed E-state index contributed by atoms with van der Waals surface area (Å²) in [6.45, 7) is 1.99. The van der Waals surface area contributed by atoms with E-state index in [4.69, 9.17) is 5.11 Å². The van der Waals surface area contributed by atoms with E-state index >= 15 is 0 Å². The normalized spacial score (nSPS) is 11.0. The second-order valence-electron chi connectivity index (χ2n) is 4.85. The van der Waals surface area contributed by atoms with Crippen LogP contribution in [-0.4, -0.2) is 35.8 Å². The minimum atomic E-state index is -1.07. The van der Waals surface area contributed by atoms with E-state index < -0.39 is 5.97 Å². The van der Waals surface area contributed by atoms with Crippen molar-refractivity contribution in [3.63, 3.8) is 0 Å². The number of rotatable bonds is 4. The van der Waals surface area contributed by atoms with E-state index in [2.05, 4.69) is 20.1 Å². The number of carboxylic acid groups (broad SMARTS) is 1. The third-order valence-corrected chi connectivity index (χ3v) is 3.24. The molecule has 0 aliphatic carbocycles. The van der Waals surface area contributed by atoms with Crippen LogP contribution in [-0.2, 0) is 0 Å². The molecule has 0 bridgehead atoms. The number of aromatic carboxylic acids is 1. The topological polar surface area (TPSA) is 93.8 Å². The van der Waals surface area contributed by atoms with Crippen molar-refractivity contribution in [3.05, 3.63) is 65.8 Å². The summed E-state index contributed by atoms with van der Waals surface area (Å²) < 4.78 is 1.70. The van der Waals surface area contributed by atoms with Gasteiger partial charge in [0.2, 0.25) is 0 Å². The Morgan fingerprint density at radius 1 is 1.17 bits per heavy atom. The highest BCUT2D eigenvalue weighted by atomic mass is 16.4. The monoisotopic (exact) mass is 307 g/mol. The molecule has 0 amide bonds. The average Bonchev–Trinajstić information content (AvgIpc) is 3.07. The van der Waals surface area contributed by atoms with Crippen molar-refractivity contribution in [2.75, 3.05) is 0 Å². The molecule has 7 nitrogen and oxygen atoms in total. The van der Waals surface area contributed by atoms with E-state index in [1.807, 2.05) is 31.2 Å². The quantitative estimate of drug-likeness (QED) is 0.794. The molecule has 23 heavy (non-hydrogen) atoms. The fraction of sp³-hybridized carbons (Fsp3) is 0.0625. The van der Waals surface area contributed by atoms with Crippen LogP contribution in [0.25, 0.3) is 17.8 Å². The minimum Gasteiger partial charge on any atom is -0.477 e. The maximum absolute atomic E-state index is 10.9. The van der Waals surface area contributed by atoms with Gasteiger partial charge >= 0.3 is 5.97 Å². The Morgan fingerprint density at radius 3 is 2.74 bits per heavy atom.